The molecule has 2 aromatic carbocycles. The standard InChI is InChI=1S/C19H18ClNO/c1-3-19(2,21-17-11-9-16(20)10-12-17)14-13-18(22)15-7-5-4-6-8-15/h4-12,21H,3H2,1-2H3. The number of Topliss-reactive ketones (excluding diaryl/α,β-unsaturated/α-hetero) is 1. The van der Waals surface area contributed by atoms with Crippen molar-refractivity contribution in [1.29, 1.82) is 0 Å². The lowest BCUT2D eigenvalue weighted by atomic mass is 9.98. The van der Waals surface area contributed by atoms with Crippen LogP contribution in [0.5, 0.6) is 0 Å². The number of halogens is 1. The first-order valence-corrected chi connectivity index (χ1v) is 7.56. The van der Waals surface area contributed by atoms with Crippen LogP contribution in [-0.4, -0.2) is 11.3 Å². The van der Waals surface area contributed by atoms with Crippen molar-refractivity contribution >= 4 is 23.1 Å². The van der Waals surface area contributed by atoms with E-state index in [1.54, 1.807) is 12.1 Å². The molecule has 0 saturated carbocycles. The van der Waals surface area contributed by atoms with Gasteiger partial charge in [-0.3, -0.25) is 4.79 Å². The lowest BCUT2D eigenvalue weighted by molar-refractivity contribution is 0.105. The molecule has 0 fully saturated rings. The Balaban J connectivity index is 2.15. The van der Waals surface area contributed by atoms with Crippen LogP contribution < -0.4 is 5.32 Å². The molecule has 0 aliphatic carbocycles. The Kier molecular flexibility index (Phi) is 5.25. The number of nitrogens with one attached hydrogen (secondary N) is 1. The second kappa shape index (κ2) is 7.15. The number of carbonyl (C=O) groups is 1. The van der Waals surface area contributed by atoms with Crippen LogP contribution in [0.15, 0.2) is 54.6 Å². The van der Waals surface area contributed by atoms with Gasteiger partial charge in [-0.05, 0) is 43.5 Å². The highest BCUT2D eigenvalue weighted by Gasteiger charge is 2.19. The van der Waals surface area contributed by atoms with Crippen LogP contribution in [0.4, 0.5) is 5.69 Å². The lowest BCUT2D eigenvalue weighted by Gasteiger charge is -2.25. The monoisotopic (exact) mass is 311 g/mol. The molecule has 3 heteroatoms. The summed E-state index contributed by atoms with van der Waals surface area (Å²) in [4.78, 5) is 12.1. The average Bonchev–Trinajstić information content (AvgIpc) is 2.56. The number of benzene rings is 2. The van der Waals surface area contributed by atoms with Crippen molar-refractivity contribution in [1.82, 2.24) is 0 Å². The van der Waals surface area contributed by atoms with E-state index in [1.807, 2.05) is 56.3 Å². The van der Waals surface area contributed by atoms with Crippen molar-refractivity contribution in [2.24, 2.45) is 0 Å². The quantitative estimate of drug-likeness (QED) is 0.499. The summed E-state index contributed by atoms with van der Waals surface area (Å²) in [5, 5.41) is 4.04. The minimum absolute atomic E-state index is 0.168. The van der Waals surface area contributed by atoms with Crippen molar-refractivity contribution < 1.29 is 4.79 Å². The summed E-state index contributed by atoms with van der Waals surface area (Å²) in [6, 6.07) is 16.5. The average molecular weight is 312 g/mol. The van der Waals surface area contributed by atoms with Gasteiger partial charge in [-0.2, -0.15) is 0 Å². The third kappa shape index (κ3) is 4.38. The molecule has 112 valence electrons. The van der Waals surface area contributed by atoms with Gasteiger partial charge in [-0.15, -0.1) is 0 Å². The summed E-state index contributed by atoms with van der Waals surface area (Å²) in [5.41, 5.74) is 1.06. The van der Waals surface area contributed by atoms with Crippen molar-refractivity contribution in [2.45, 2.75) is 25.8 Å². The van der Waals surface area contributed by atoms with Crippen LogP contribution in [-0.2, 0) is 0 Å². The minimum Gasteiger partial charge on any atom is -0.369 e. The largest absolute Gasteiger partial charge is 0.369 e. The molecule has 1 N–H and O–H groups in total. The van der Waals surface area contributed by atoms with E-state index in [1.165, 1.54) is 0 Å². The number of hydrogen-bond acceptors (Lipinski definition) is 2. The fourth-order valence-corrected chi connectivity index (χ4v) is 2.04. The molecule has 2 rings (SSSR count). The van der Waals surface area contributed by atoms with E-state index in [0.29, 0.717) is 10.6 Å². The molecule has 0 spiro atoms. The Morgan fingerprint density at radius 1 is 1.14 bits per heavy atom. The number of ketones is 1. The fourth-order valence-electron chi connectivity index (χ4n) is 1.92. The highest BCUT2D eigenvalue weighted by atomic mass is 35.5. The van der Waals surface area contributed by atoms with Crippen LogP contribution >= 0.6 is 11.6 Å². The highest BCUT2D eigenvalue weighted by Crippen LogP contribution is 2.20. The van der Waals surface area contributed by atoms with Crippen LogP contribution in [0.25, 0.3) is 0 Å². The summed E-state index contributed by atoms with van der Waals surface area (Å²) in [5.74, 6) is 5.64. The Labute approximate surface area is 136 Å². The predicted octanol–water partition coefficient (Wildman–Crippen LogP) is 4.81. The second-order valence-corrected chi connectivity index (χ2v) is 5.70. The van der Waals surface area contributed by atoms with E-state index in [-0.39, 0.29) is 5.78 Å². The number of carbonyl (C=O) groups excluding carboxylic acids is 1. The van der Waals surface area contributed by atoms with Crippen LogP contribution in [0.3, 0.4) is 0 Å². The summed E-state index contributed by atoms with van der Waals surface area (Å²) in [6.45, 7) is 4.01. The van der Waals surface area contributed by atoms with Gasteiger partial charge in [0.25, 0.3) is 0 Å². The van der Waals surface area contributed by atoms with Gasteiger partial charge in [0.05, 0.1) is 5.54 Å². The van der Waals surface area contributed by atoms with Gasteiger partial charge in [0.2, 0.25) is 5.78 Å². The Hall–Kier alpha value is -2.24. The van der Waals surface area contributed by atoms with Gasteiger partial charge >= 0.3 is 0 Å². The van der Waals surface area contributed by atoms with Crippen molar-refractivity contribution in [3.8, 4) is 11.8 Å². The van der Waals surface area contributed by atoms with Gasteiger partial charge < -0.3 is 5.32 Å². The molecule has 0 heterocycles. The smallest absolute Gasteiger partial charge is 0.235 e. The van der Waals surface area contributed by atoms with Gasteiger partial charge in [0.1, 0.15) is 0 Å². The summed E-state index contributed by atoms with van der Waals surface area (Å²) < 4.78 is 0. The summed E-state index contributed by atoms with van der Waals surface area (Å²) in [6.07, 6.45) is 0.769. The third-order valence-electron chi connectivity index (χ3n) is 3.46. The van der Waals surface area contributed by atoms with Crippen molar-refractivity contribution in [3.05, 3.63) is 65.2 Å². The molecular formula is C19H18ClNO. The van der Waals surface area contributed by atoms with Crippen molar-refractivity contribution in [2.75, 3.05) is 5.32 Å². The van der Waals surface area contributed by atoms with Crippen LogP contribution in [0, 0.1) is 11.8 Å². The zero-order chi connectivity index (χ0) is 16.0. The highest BCUT2D eigenvalue weighted by molar-refractivity contribution is 6.30. The second-order valence-electron chi connectivity index (χ2n) is 5.26. The normalized spacial score (nSPS) is 12.7. The molecule has 0 radical (unpaired) electrons. The van der Waals surface area contributed by atoms with E-state index in [0.717, 1.165) is 12.1 Å². The molecule has 1 atom stereocenters. The molecule has 2 aromatic rings. The zero-order valence-corrected chi connectivity index (χ0v) is 13.4. The zero-order valence-electron chi connectivity index (χ0n) is 12.7. The van der Waals surface area contributed by atoms with E-state index in [9.17, 15) is 4.79 Å². The molecule has 2 nitrogen and oxygen atoms in total. The Morgan fingerprint density at radius 2 is 1.77 bits per heavy atom. The van der Waals surface area contributed by atoms with Crippen LogP contribution in [0.1, 0.15) is 30.6 Å². The first-order chi connectivity index (χ1) is 10.5. The maximum atomic E-state index is 12.1. The van der Waals surface area contributed by atoms with Gasteiger partial charge in [-0.25, -0.2) is 0 Å². The molecule has 1 unspecified atom stereocenters. The molecule has 0 aliphatic rings. The maximum absolute atomic E-state index is 12.1. The number of rotatable bonds is 4. The summed E-state index contributed by atoms with van der Waals surface area (Å²) in [7, 11) is 0. The summed E-state index contributed by atoms with van der Waals surface area (Å²) >= 11 is 5.89. The van der Waals surface area contributed by atoms with Gasteiger partial charge in [0, 0.05) is 16.3 Å². The number of hydrogen-bond donors (Lipinski definition) is 1. The molecule has 0 aliphatic heterocycles. The van der Waals surface area contributed by atoms with E-state index < -0.39 is 5.54 Å². The van der Waals surface area contributed by atoms with Gasteiger partial charge in [-0.1, -0.05) is 54.8 Å². The predicted molar refractivity (Wildman–Crippen MR) is 92.3 cm³/mol. The van der Waals surface area contributed by atoms with Crippen molar-refractivity contribution in [3.63, 3.8) is 0 Å². The molecule has 0 saturated heterocycles. The van der Waals surface area contributed by atoms with E-state index >= 15 is 0 Å². The Bertz CT molecular complexity index is 698. The molecular weight excluding hydrogens is 294 g/mol. The fraction of sp³-hybridized carbons (Fsp3) is 0.211. The lowest BCUT2D eigenvalue weighted by Crippen LogP contribution is -2.32. The molecule has 0 bridgehead atoms. The topological polar surface area (TPSA) is 29.1 Å². The molecule has 0 aromatic heterocycles. The first kappa shape index (κ1) is 16.1. The van der Waals surface area contributed by atoms with Gasteiger partial charge in [0.15, 0.2) is 0 Å². The minimum atomic E-state index is -0.474. The number of anilines is 1. The van der Waals surface area contributed by atoms with Crippen LogP contribution in [0.2, 0.25) is 5.02 Å². The molecule has 0 amide bonds. The first-order valence-electron chi connectivity index (χ1n) is 7.19. The molecule has 22 heavy (non-hydrogen) atoms. The third-order valence-corrected chi connectivity index (χ3v) is 3.71. The maximum Gasteiger partial charge on any atom is 0.235 e. The van der Waals surface area contributed by atoms with E-state index in [2.05, 4.69) is 17.2 Å². The van der Waals surface area contributed by atoms with E-state index in [4.69, 9.17) is 11.6 Å². The Morgan fingerprint density at radius 3 is 2.36 bits per heavy atom. The SMILES string of the molecule is CCC(C)(C#CC(=O)c1ccccc1)Nc1ccc(Cl)cc1.